The molecule has 3 N–H and O–H groups in total. The van der Waals surface area contributed by atoms with Gasteiger partial charge in [0.15, 0.2) is 0 Å². The maximum atomic E-state index is 6.00. The molecule has 0 aliphatic carbocycles. The van der Waals surface area contributed by atoms with Crippen molar-refractivity contribution in [1.82, 2.24) is 10.3 Å². The van der Waals surface area contributed by atoms with Crippen LogP contribution in [-0.4, -0.2) is 11.5 Å². The SMILES string of the molecule is CCCNC(CCc1cc(Cl)cnc1N)c1ccccc1. The molecular formula is C17H22ClN3. The number of nitrogens with two attached hydrogens (primary N) is 1. The summed E-state index contributed by atoms with van der Waals surface area (Å²) >= 11 is 6.00. The first-order chi connectivity index (χ1) is 10.2. The highest BCUT2D eigenvalue weighted by Crippen LogP contribution is 2.22. The fraction of sp³-hybridized carbons (Fsp3) is 0.353. The van der Waals surface area contributed by atoms with Crippen molar-refractivity contribution in [2.45, 2.75) is 32.2 Å². The van der Waals surface area contributed by atoms with Crippen molar-refractivity contribution in [2.75, 3.05) is 12.3 Å². The maximum absolute atomic E-state index is 6.00. The van der Waals surface area contributed by atoms with Crippen molar-refractivity contribution in [3.8, 4) is 0 Å². The number of pyridine rings is 1. The van der Waals surface area contributed by atoms with Crippen LogP contribution < -0.4 is 11.1 Å². The minimum absolute atomic E-state index is 0.324. The van der Waals surface area contributed by atoms with Gasteiger partial charge in [0.25, 0.3) is 0 Å². The highest BCUT2D eigenvalue weighted by atomic mass is 35.5. The zero-order valence-corrected chi connectivity index (χ0v) is 13.1. The molecule has 0 fully saturated rings. The quantitative estimate of drug-likeness (QED) is 0.813. The standard InChI is InChI=1S/C17H22ClN3/c1-2-10-20-16(13-6-4-3-5-7-13)9-8-14-11-15(18)12-21-17(14)19/h3-7,11-12,16,20H,2,8-10H2,1H3,(H2,19,21). The molecule has 21 heavy (non-hydrogen) atoms. The Hall–Kier alpha value is -1.58. The first kappa shape index (κ1) is 15.8. The molecule has 0 saturated heterocycles. The van der Waals surface area contributed by atoms with E-state index in [1.54, 1.807) is 6.20 Å². The van der Waals surface area contributed by atoms with Crippen molar-refractivity contribution in [1.29, 1.82) is 0 Å². The van der Waals surface area contributed by atoms with Gasteiger partial charge < -0.3 is 11.1 Å². The van der Waals surface area contributed by atoms with E-state index < -0.39 is 0 Å². The van der Waals surface area contributed by atoms with Crippen LogP contribution in [0.1, 0.15) is 36.9 Å². The smallest absolute Gasteiger partial charge is 0.126 e. The van der Waals surface area contributed by atoms with Crippen molar-refractivity contribution in [3.05, 3.63) is 58.7 Å². The molecule has 1 heterocycles. The Balaban J connectivity index is 2.07. The lowest BCUT2D eigenvalue weighted by Gasteiger charge is -2.19. The summed E-state index contributed by atoms with van der Waals surface area (Å²) in [6, 6.07) is 12.7. The molecule has 1 atom stereocenters. The second-order valence-electron chi connectivity index (χ2n) is 5.15. The van der Waals surface area contributed by atoms with E-state index in [-0.39, 0.29) is 0 Å². The number of aryl methyl sites for hydroxylation is 1. The van der Waals surface area contributed by atoms with Crippen LogP contribution in [0.15, 0.2) is 42.6 Å². The van der Waals surface area contributed by atoms with Crippen LogP contribution >= 0.6 is 11.6 Å². The molecule has 0 bridgehead atoms. The molecule has 2 rings (SSSR count). The third-order valence-electron chi connectivity index (χ3n) is 3.51. The first-order valence-electron chi connectivity index (χ1n) is 7.39. The van der Waals surface area contributed by atoms with Gasteiger partial charge in [-0.25, -0.2) is 4.98 Å². The topological polar surface area (TPSA) is 50.9 Å². The Morgan fingerprint density at radius 2 is 2.05 bits per heavy atom. The Morgan fingerprint density at radius 3 is 2.76 bits per heavy atom. The molecule has 4 heteroatoms. The van der Waals surface area contributed by atoms with Gasteiger partial charge in [-0.05, 0) is 43.0 Å². The molecule has 0 aliphatic heterocycles. The number of hydrogen-bond donors (Lipinski definition) is 2. The fourth-order valence-electron chi connectivity index (χ4n) is 2.38. The van der Waals surface area contributed by atoms with E-state index in [0.29, 0.717) is 16.9 Å². The second-order valence-corrected chi connectivity index (χ2v) is 5.59. The predicted octanol–water partition coefficient (Wildman–Crippen LogP) is 3.99. The van der Waals surface area contributed by atoms with Crippen molar-refractivity contribution in [3.63, 3.8) is 0 Å². The van der Waals surface area contributed by atoms with E-state index in [4.69, 9.17) is 17.3 Å². The molecule has 112 valence electrons. The van der Waals surface area contributed by atoms with Crippen LogP contribution in [0.2, 0.25) is 5.02 Å². The summed E-state index contributed by atoms with van der Waals surface area (Å²) in [4.78, 5) is 4.12. The minimum atomic E-state index is 0.324. The summed E-state index contributed by atoms with van der Waals surface area (Å²) < 4.78 is 0. The monoisotopic (exact) mass is 303 g/mol. The van der Waals surface area contributed by atoms with Crippen LogP contribution in [0.4, 0.5) is 5.82 Å². The van der Waals surface area contributed by atoms with Crippen LogP contribution in [0.3, 0.4) is 0 Å². The summed E-state index contributed by atoms with van der Waals surface area (Å²) in [5, 5.41) is 4.23. The normalized spacial score (nSPS) is 12.3. The molecule has 1 aromatic carbocycles. The van der Waals surface area contributed by atoms with Crippen LogP contribution in [0, 0.1) is 0 Å². The number of halogens is 1. The predicted molar refractivity (Wildman–Crippen MR) is 89.5 cm³/mol. The summed E-state index contributed by atoms with van der Waals surface area (Å²) in [6.45, 7) is 3.18. The number of nitrogens with zero attached hydrogens (tertiary/aromatic N) is 1. The van der Waals surface area contributed by atoms with Gasteiger partial charge in [-0.1, -0.05) is 48.9 Å². The molecule has 3 nitrogen and oxygen atoms in total. The Kier molecular flexibility index (Phi) is 6.03. The van der Waals surface area contributed by atoms with Crippen molar-refractivity contribution < 1.29 is 0 Å². The fourth-order valence-corrected chi connectivity index (χ4v) is 2.56. The molecule has 0 saturated carbocycles. The van der Waals surface area contributed by atoms with E-state index >= 15 is 0 Å². The molecular weight excluding hydrogens is 282 g/mol. The van der Waals surface area contributed by atoms with Crippen molar-refractivity contribution >= 4 is 17.4 Å². The third-order valence-corrected chi connectivity index (χ3v) is 3.72. The van der Waals surface area contributed by atoms with Gasteiger partial charge in [0.1, 0.15) is 5.82 Å². The van der Waals surface area contributed by atoms with E-state index in [2.05, 4.69) is 41.5 Å². The van der Waals surface area contributed by atoms with Crippen LogP contribution in [0.5, 0.6) is 0 Å². The molecule has 1 unspecified atom stereocenters. The molecule has 1 aromatic heterocycles. The summed E-state index contributed by atoms with van der Waals surface area (Å²) in [7, 11) is 0. The molecule has 2 aromatic rings. The first-order valence-corrected chi connectivity index (χ1v) is 7.76. The average Bonchev–Trinajstić information content (AvgIpc) is 2.51. The highest BCUT2D eigenvalue weighted by Gasteiger charge is 2.12. The van der Waals surface area contributed by atoms with Crippen molar-refractivity contribution in [2.24, 2.45) is 0 Å². The minimum Gasteiger partial charge on any atom is -0.383 e. The number of anilines is 1. The third kappa shape index (κ3) is 4.73. The lowest BCUT2D eigenvalue weighted by atomic mass is 9.99. The summed E-state index contributed by atoms with van der Waals surface area (Å²) in [5.74, 6) is 0.571. The van der Waals surface area contributed by atoms with Gasteiger partial charge in [0.05, 0.1) is 5.02 Å². The van der Waals surface area contributed by atoms with Crippen LogP contribution in [-0.2, 0) is 6.42 Å². The van der Waals surface area contributed by atoms with E-state index in [1.165, 1.54) is 5.56 Å². The zero-order valence-electron chi connectivity index (χ0n) is 12.3. The Labute approximate surface area is 131 Å². The van der Waals surface area contributed by atoms with Gasteiger partial charge in [-0.2, -0.15) is 0 Å². The van der Waals surface area contributed by atoms with Gasteiger partial charge in [0, 0.05) is 12.2 Å². The van der Waals surface area contributed by atoms with E-state index in [0.717, 1.165) is 31.4 Å². The highest BCUT2D eigenvalue weighted by molar-refractivity contribution is 6.30. The summed E-state index contributed by atoms with van der Waals surface area (Å²) in [5.41, 5.74) is 8.24. The zero-order chi connectivity index (χ0) is 15.1. The lowest BCUT2D eigenvalue weighted by Crippen LogP contribution is -2.22. The largest absolute Gasteiger partial charge is 0.383 e. The molecule has 0 radical (unpaired) electrons. The number of nitrogens with one attached hydrogen (secondary N) is 1. The Morgan fingerprint density at radius 1 is 1.29 bits per heavy atom. The number of benzene rings is 1. The van der Waals surface area contributed by atoms with Gasteiger partial charge in [0.2, 0.25) is 0 Å². The van der Waals surface area contributed by atoms with Gasteiger partial charge in [-0.3, -0.25) is 0 Å². The van der Waals surface area contributed by atoms with Gasteiger partial charge in [-0.15, -0.1) is 0 Å². The molecule has 0 amide bonds. The second kappa shape index (κ2) is 8.01. The number of rotatable bonds is 7. The van der Waals surface area contributed by atoms with E-state index in [9.17, 15) is 0 Å². The number of hydrogen-bond acceptors (Lipinski definition) is 3. The average molecular weight is 304 g/mol. The number of aromatic nitrogens is 1. The summed E-state index contributed by atoms with van der Waals surface area (Å²) in [6.07, 6.45) is 4.53. The maximum Gasteiger partial charge on any atom is 0.126 e. The number of nitrogen functional groups attached to an aromatic ring is 1. The molecule has 0 aliphatic rings. The van der Waals surface area contributed by atoms with Crippen LogP contribution in [0.25, 0.3) is 0 Å². The van der Waals surface area contributed by atoms with E-state index in [1.807, 2.05) is 12.1 Å². The lowest BCUT2D eigenvalue weighted by molar-refractivity contribution is 0.499. The Bertz CT molecular complexity index is 557. The van der Waals surface area contributed by atoms with Gasteiger partial charge >= 0.3 is 0 Å². The molecule has 0 spiro atoms.